The van der Waals surface area contributed by atoms with Crippen LogP contribution in [0.4, 0.5) is 0 Å². The highest BCUT2D eigenvalue weighted by molar-refractivity contribution is 5.05. The second-order valence-corrected chi connectivity index (χ2v) is 12.0. The van der Waals surface area contributed by atoms with Crippen LogP contribution in [0.5, 0.6) is 0 Å². The average molecular weight is 1120 g/mol. The highest BCUT2D eigenvalue weighted by Gasteiger charge is 1.80. The van der Waals surface area contributed by atoms with Gasteiger partial charge in [-0.05, 0) is 109 Å². The lowest BCUT2D eigenvalue weighted by Crippen LogP contribution is -1.85. The van der Waals surface area contributed by atoms with Crippen LogP contribution in [0.2, 0.25) is 0 Å². The fraction of sp³-hybridized carbons (Fsp3) is 0.443. The number of nitrogens with zero attached hydrogens (tertiary/aromatic N) is 20. The summed E-state index contributed by atoms with van der Waals surface area (Å²) < 4.78 is 0. The minimum atomic E-state index is 0.711. The summed E-state index contributed by atoms with van der Waals surface area (Å²) in [6.07, 6.45) is 33.0. The van der Waals surface area contributed by atoms with Crippen LogP contribution in [0.25, 0.3) is 0 Å². The zero-order valence-electron chi connectivity index (χ0n) is 54.9. The Morgan fingerprint density at radius 3 is 0.914 bits per heavy atom. The molecule has 9 aromatic rings. The third kappa shape index (κ3) is 85.7. The molecule has 0 atom stereocenters. The van der Waals surface area contributed by atoms with Crippen molar-refractivity contribution >= 4 is 0 Å². The fourth-order valence-electron chi connectivity index (χ4n) is 3.19. The molecule has 9 heterocycles. The average Bonchev–Trinajstić information content (AvgIpc) is 3.55. The molecule has 0 fully saturated rings. The van der Waals surface area contributed by atoms with Crippen LogP contribution in [-0.4, -0.2) is 100 Å². The number of pyridine rings is 1. The number of aryl methyl sites for hydroxylation is 9. The zero-order valence-corrected chi connectivity index (χ0v) is 54.9. The molecule has 0 aliphatic carbocycles. The molecular weight excluding hydrogens is 1010 g/mol. The first-order chi connectivity index (χ1) is 39.5. The first-order valence-electron chi connectivity index (χ1n) is 27.8. The van der Waals surface area contributed by atoms with E-state index in [1.165, 1.54) is 37.2 Å². The molecule has 81 heavy (non-hydrogen) atoms. The van der Waals surface area contributed by atoms with E-state index < -0.39 is 0 Å². The van der Waals surface area contributed by atoms with E-state index >= 15 is 0 Å². The van der Waals surface area contributed by atoms with Crippen molar-refractivity contribution in [2.45, 2.75) is 187 Å². The largest absolute Gasteiger partial charge is 0.265 e. The highest BCUT2D eigenvalue weighted by Crippen LogP contribution is 1.89. The van der Waals surface area contributed by atoms with Gasteiger partial charge >= 0.3 is 0 Å². The zero-order chi connectivity index (χ0) is 64.0. The molecule has 9 rings (SSSR count). The maximum Gasteiger partial charge on any atom is 0.147 e. The van der Waals surface area contributed by atoms with Crippen LogP contribution in [0.3, 0.4) is 0 Å². The minimum absolute atomic E-state index is 0.711. The van der Waals surface area contributed by atoms with Crippen LogP contribution >= 0.6 is 0 Å². The van der Waals surface area contributed by atoms with Gasteiger partial charge in [-0.25, -0.2) is 54.8 Å². The monoisotopic (exact) mass is 1120 g/mol. The topological polar surface area (TPSA) is 258 Å². The van der Waals surface area contributed by atoms with Crippen molar-refractivity contribution in [3.8, 4) is 0 Å². The molecule has 0 aliphatic rings. The number of hydrogen-bond donors (Lipinski definition) is 0. The van der Waals surface area contributed by atoms with Gasteiger partial charge in [0.15, 0.2) is 0 Å². The van der Waals surface area contributed by atoms with Gasteiger partial charge in [0, 0.05) is 80.1 Å². The van der Waals surface area contributed by atoms with E-state index in [9.17, 15) is 0 Å². The van der Waals surface area contributed by atoms with Crippen molar-refractivity contribution in [1.82, 2.24) is 100 Å². The van der Waals surface area contributed by atoms with Crippen molar-refractivity contribution in [3.05, 3.63) is 206 Å². The molecule has 20 nitrogen and oxygen atoms in total. The Morgan fingerprint density at radius 2 is 0.691 bits per heavy atom. The Balaban J connectivity index is -0.0000000993. The normalized spacial score (nSPS) is 7.44. The molecule has 0 radical (unpaired) electrons. The number of rotatable bonds is 0. The smallest absolute Gasteiger partial charge is 0.147 e. The molecule has 20 heteroatoms. The highest BCUT2D eigenvalue weighted by atomic mass is 15.1. The van der Waals surface area contributed by atoms with Crippen molar-refractivity contribution in [3.63, 3.8) is 0 Å². The summed E-state index contributed by atoms with van der Waals surface area (Å²) in [6, 6.07) is 9.51. The maximum absolute atomic E-state index is 3.92. The molecule has 0 unspecified atom stereocenters. The molecule has 0 bridgehead atoms. The summed E-state index contributed by atoms with van der Waals surface area (Å²) in [5.41, 5.74) is 6.33. The number of hydrogen-bond acceptors (Lipinski definition) is 20. The Morgan fingerprint density at radius 1 is 0.222 bits per heavy atom. The van der Waals surface area contributed by atoms with E-state index in [1.54, 1.807) is 106 Å². The Bertz CT molecular complexity index is 1770. The summed E-state index contributed by atoms with van der Waals surface area (Å²) in [5, 5.41) is 21.6. The Kier molecular flexibility index (Phi) is 100. The van der Waals surface area contributed by atoms with Crippen LogP contribution in [0, 0.1) is 62.3 Å². The van der Waals surface area contributed by atoms with Crippen molar-refractivity contribution in [1.29, 1.82) is 0 Å². The summed E-state index contributed by atoms with van der Waals surface area (Å²) >= 11 is 0. The van der Waals surface area contributed by atoms with Gasteiger partial charge in [-0.15, -0.1) is 10.2 Å². The third-order valence-corrected chi connectivity index (χ3v) is 6.20. The van der Waals surface area contributed by atoms with Crippen LogP contribution in [0.15, 0.2) is 155 Å². The van der Waals surface area contributed by atoms with Crippen LogP contribution in [0.1, 0.15) is 176 Å². The van der Waals surface area contributed by atoms with Gasteiger partial charge in [0.1, 0.15) is 49.1 Å². The molecule has 0 N–H and O–H groups in total. The van der Waals surface area contributed by atoms with Gasteiger partial charge in [0.25, 0.3) is 0 Å². The van der Waals surface area contributed by atoms with Gasteiger partial charge in [-0.3, -0.25) is 15.0 Å². The van der Waals surface area contributed by atoms with Gasteiger partial charge < -0.3 is 0 Å². The molecule has 450 valence electrons. The van der Waals surface area contributed by atoms with Crippen molar-refractivity contribution in [2.24, 2.45) is 0 Å². The lowest BCUT2D eigenvalue weighted by atomic mass is 10.3. The third-order valence-electron chi connectivity index (χ3n) is 6.20. The Labute approximate surface area is 491 Å². The summed E-state index contributed by atoms with van der Waals surface area (Å²) in [7, 11) is 0. The fourth-order valence-corrected chi connectivity index (χ4v) is 3.19. The minimum Gasteiger partial charge on any atom is -0.265 e. The summed E-state index contributed by atoms with van der Waals surface area (Å²) in [5.74, 6) is 2.29. The molecule has 0 aromatic carbocycles. The predicted octanol–water partition coefficient (Wildman–Crippen LogP) is 15.1. The lowest BCUT2D eigenvalue weighted by molar-refractivity contribution is 0.907. The molecule has 9 aromatic heterocycles. The van der Waals surface area contributed by atoms with Crippen molar-refractivity contribution < 1.29 is 0 Å². The maximum atomic E-state index is 3.92. The van der Waals surface area contributed by atoms with E-state index in [4.69, 9.17) is 0 Å². The molecule has 0 saturated heterocycles. The SMILES string of the molecule is CC.CC.CC.CC.CC.CC.CC.CC.CC.Cc1ccncc1.Cc1ccncn1.Cc1ccnnc1.Cc1cnccn1.Cc1cncnc1.Cc1cncnn1.Cc1ncccn1.Cc1nccnn1.Cc1ncncn1. The van der Waals surface area contributed by atoms with Crippen LogP contribution < -0.4 is 0 Å². The second-order valence-electron chi connectivity index (χ2n) is 12.0. The van der Waals surface area contributed by atoms with E-state index in [1.807, 2.05) is 204 Å². The second kappa shape index (κ2) is 88.2. The molecule has 0 aliphatic heterocycles. The summed E-state index contributed by atoms with van der Waals surface area (Å²) in [4.78, 5) is 53.1. The molecule has 0 amide bonds. The van der Waals surface area contributed by atoms with E-state index in [0.717, 1.165) is 39.9 Å². The molecule has 0 spiro atoms. The van der Waals surface area contributed by atoms with Gasteiger partial charge in [0.2, 0.25) is 0 Å². The van der Waals surface area contributed by atoms with Crippen molar-refractivity contribution in [2.75, 3.05) is 0 Å². The van der Waals surface area contributed by atoms with E-state index in [0.29, 0.717) is 5.82 Å². The quantitative estimate of drug-likeness (QED) is 0.137. The lowest BCUT2D eigenvalue weighted by Gasteiger charge is -1.82. The van der Waals surface area contributed by atoms with Crippen LogP contribution in [-0.2, 0) is 0 Å². The van der Waals surface area contributed by atoms with Gasteiger partial charge in [-0.1, -0.05) is 125 Å². The van der Waals surface area contributed by atoms with E-state index in [-0.39, 0.29) is 0 Å². The Hall–Kier alpha value is -8.42. The first-order valence-corrected chi connectivity index (χ1v) is 27.8. The predicted molar refractivity (Wildman–Crippen MR) is 339 cm³/mol. The summed E-state index contributed by atoms with van der Waals surface area (Å²) in [6.45, 7) is 53.2. The first kappa shape index (κ1) is 92.0. The van der Waals surface area contributed by atoms with E-state index in [2.05, 4.69) is 100 Å². The molecular formula is C61H106N20. The molecule has 0 saturated carbocycles. The standard InChI is InChI=1S/C6H7N.5C5H6N2.3C4H5N3.9C2H6/c1-6-2-4-7-5-3-6;1-5-2-6-4-7-3-5;1-5-4-6-2-3-7-5;1-5-2-3-6-4-7-5;1-5-2-3-6-7-4-5;1-5-6-3-2-4-7-5;1-4-6-2-5-3-7-4;1-4-2-5-3-6-7-4;1-4-5-2-3-6-7-4;9*1-2/h2-5H,1H3;5*2-4H,1H3;3*2-3H,1H3;9*1-2H3. The number of aromatic nitrogens is 20. The van der Waals surface area contributed by atoms with Gasteiger partial charge in [0.05, 0.1) is 30.0 Å². The van der Waals surface area contributed by atoms with Gasteiger partial charge in [-0.2, -0.15) is 20.4 Å².